The monoisotopic (exact) mass is 279 g/mol. The highest BCUT2D eigenvalue weighted by Crippen LogP contribution is 2.20. The van der Waals surface area contributed by atoms with E-state index in [9.17, 15) is 14.9 Å². The molecule has 2 amide bonds. The Morgan fingerprint density at radius 3 is 3.05 bits per heavy atom. The molecular weight excluding hydrogens is 262 g/mol. The maximum Gasteiger partial charge on any atom is 0.321 e. The van der Waals surface area contributed by atoms with Gasteiger partial charge in [0, 0.05) is 37.5 Å². The number of carbonyl (C=O) groups excluding carboxylic acids is 1. The first-order valence-corrected chi connectivity index (χ1v) is 6.51. The van der Waals surface area contributed by atoms with Gasteiger partial charge in [0.1, 0.15) is 0 Å². The summed E-state index contributed by atoms with van der Waals surface area (Å²) in [4.78, 5) is 23.9. The molecule has 0 spiro atoms. The molecule has 0 aromatic heterocycles. The zero-order valence-electron chi connectivity index (χ0n) is 11.0. The molecule has 0 bridgehead atoms. The molecule has 0 radical (unpaired) electrons. The van der Waals surface area contributed by atoms with Gasteiger partial charge in [-0.25, -0.2) is 4.79 Å². The second kappa shape index (κ2) is 6.33. The lowest BCUT2D eigenvalue weighted by atomic mass is 9.99. The Hall–Kier alpha value is -2.15. The molecule has 7 heteroatoms. The average molecular weight is 279 g/mol. The summed E-state index contributed by atoms with van der Waals surface area (Å²) in [5.74, 6) is 0.111. The van der Waals surface area contributed by atoms with Crippen LogP contribution in [0.2, 0.25) is 0 Å². The van der Waals surface area contributed by atoms with Gasteiger partial charge in [0.25, 0.3) is 5.69 Å². The lowest BCUT2D eigenvalue weighted by Gasteiger charge is -2.31. The molecule has 1 aromatic rings. The molecule has 1 aromatic carbocycles. The minimum atomic E-state index is -0.502. The van der Waals surface area contributed by atoms with Gasteiger partial charge < -0.3 is 15.3 Å². The fourth-order valence-corrected chi connectivity index (χ4v) is 2.30. The molecule has 1 heterocycles. The second-order valence-electron chi connectivity index (χ2n) is 4.87. The Morgan fingerprint density at radius 1 is 1.55 bits per heavy atom. The summed E-state index contributed by atoms with van der Waals surface area (Å²) < 4.78 is 0. The summed E-state index contributed by atoms with van der Waals surface area (Å²) in [6.07, 6.45) is 1.77. The van der Waals surface area contributed by atoms with Crippen molar-refractivity contribution in [1.82, 2.24) is 4.90 Å². The third-order valence-electron chi connectivity index (χ3n) is 3.37. The molecule has 20 heavy (non-hydrogen) atoms. The molecule has 2 rings (SSSR count). The predicted octanol–water partition coefficient (Wildman–Crippen LogP) is 1.83. The minimum absolute atomic E-state index is 0.0605. The van der Waals surface area contributed by atoms with Gasteiger partial charge in [-0.05, 0) is 24.8 Å². The van der Waals surface area contributed by atoms with Crippen LogP contribution in [0.1, 0.15) is 12.8 Å². The third kappa shape index (κ3) is 3.45. The van der Waals surface area contributed by atoms with Crippen molar-refractivity contribution in [3.63, 3.8) is 0 Å². The number of anilines is 1. The van der Waals surface area contributed by atoms with E-state index in [-0.39, 0.29) is 24.2 Å². The molecule has 1 aliphatic heterocycles. The second-order valence-corrected chi connectivity index (χ2v) is 4.87. The van der Waals surface area contributed by atoms with E-state index in [1.54, 1.807) is 11.0 Å². The van der Waals surface area contributed by atoms with Crippen molar-refractivity contribution in [2.75, 3.05) is 25.0 Å². The van der Waals surface area contributed by atoms with Crippen LogP contribution >= 0.6 is 0 Å². The molecule has 1 saturated heterocycles. The predicted molar refractivity (Wildman–Crippen MR) is 73.5 cm³/mol. The van der Waals surface area contributed by atoms with Crippen molar-refractivity contribution in [2.24, 2.45) is 5.92 Å². The van der Waals surface area contributed by atoms with Gasteiger partial charge in [0.05, 0.1) is 4.92 Å². The topological polar surface area (TPSA) is 95.7 Å². The lowest BCUT2D eigenvalue weighted by molar-refractivity contribution is -0.384. The third-order valence-corrected chi connectivity index (χ3v) is 3.37. The zero-order valence-corrected chi connectivity index (χ0v) is 11.0. The Bertz CT molecular complexity index is 506. The van der Waals surface area contributed by atoms with Crippen LogP contribution in [0.25, 0.3) is 0 Å². The molecule has 0 saturated carbocycles. The number of aliphatic hydroxyl groups excluding tert-OH is 1. The molecular formula is C13H17N3O4. The van der Waals surface area contributed by atoms with E-state index in [1.807, 2.05) is 0 Å². The highest BCUT2D eigenvalue weighted by Gasteiger charge is 2.23. The number of nitro groups is 1. The molecule has 1 fully saturated rings. The maximum atomic E-state index is 12.1. The smallest absolute Gasteiger partial charge is 0.321 e. The first-order valence-electron chi connectivity index (χ1n) is 6.51. The average Bonchev–Trinajstić information content (AvgIpc) is 2.47. The molecule has 7 nitrogen and oxygen atoms in total. The number of amides is 2. The van der Waals surface area contributed by atoms with Crippen molar-refractivity contribution >= 4 is 17.4 Å². The van der Waals surface area contributed by atoms with Crippen molar-refractivity contribution in [1.29, 1.82) is 0 Å². The highest BCUT2D eigenvalue weighted by molar-refractivity contribution is 5.89. The highest BCUT2D eigenvalue weighted by atomic mass is 16.6. The number of carbonyl (C=O) groups is 1. The van der Waals surface area contributed by atoms with Gasteiger partial charge >= 0.3 is 6.03 Å². The molecule has 2 N–H and O–H groups in total. The van der Waals surface area contributed by atoms with Crippen LogP contribution in [-0.4, -0.2) is 40.7 Å². The molecule has 1 unspecified atom stereocenters. The van der Waals surface area contributed by atoms with Crippen LogP contribution in [0.5, 0.6) is 0 Å². The van der Waals surface area contributed by atoms with E-state index in [4.69, 9.17) is 5.11 Å². The van der Waals surface area contributed by atoms with Gasteiger partial charge in [0.15, 0.2) is 0 Å². The number of likely N-dealkylation sites (tertiary alicyclic amines) is 1. The van der Waals surface area contributed by atoms with E-state index in [0.29, 0.717) is 18.8 Å². The summed E-state index contributed by atoms with van der Waals surface area (Å²) in [7, 11) is 0. The molecule has 0 aliphatic carbocycles. The number of nitrogens with one attached hydrogen (secondary N) is 1. The normalized spacial score (nSPS) is 18.6. The molecule has 1 aliphatic rings. The zero-order chi connectivity index (χ0) is 14.5. The quantitative estimate of drug-likeness (QED) is 0.651. The van der Waals surface area contributed by atoms with Crippen LogP contribution in [0.3, 0.4) is 0 Å². The number of urea groups is 1. The van der Waals surface area contributed by atoms with E-state index in [2.05, 4.69) is 5.32 Å². The Kier molecular flexibility index (Phi) is 4.52. The van der Waals surface area contributed by atoms with Crippen LogP contribution in [0.4, 0.5) is 16.2 Å². The van der Waals surface area contributed by atoms with Gasteiger partial charge in [0.2, 0.25) is 0 Å². The summed E-state index contributed by atoms with van der Waals surface area (Å²) in [6.45, 7) is 1.22. The fraction of sp³-hybridized carbons (Fsp3) is 0.462. The van der Waals surface area contributed by atoms with Crippen molar-refractivity contribution in [3.05, 3.63) is 34.4 Å². The van der Waals surface area contributed by atoms with Crippen LogP contribution < -0.4 is 5.32 Å². The van der Waals surface area contributed by atoms with Crippen molar-refractivity contribution < 1.29 is 14.8 Å². The minimum Gasteiger partial charge on any atom is -0.396 e. The van der Waals surface area contributed by atoms with Gasteiger partial charge in [-0.3, -0.25) is 10.1 Å². The number of rotatable bonds is 3. The standard InChI is InChI=1S/C13H17N3O4/c17-9-10-3-2-6-15(8-10)13(18)14-11-4-1-5-12(7-11)16(19)20/h1,4-5,7,10,17H,2-3,6,8-9H2,(H,14,18). The number of benzene rings is 1. The molecule has 1 atom stereocenters. The van der Waals surface area contributed by atoms with E-state index in [0.717, 1.165) is 12.8 Å². The number of hydrogen-bond donors (Lipinski definition) is 2. The van der Waals surface area contributed by atoms with Gasteiger partial charge in [-0.15, -0.1) is 0 Å². The fourth-order valence-electron chi connectivity index (χ4n) is 2.30. The summed E-state index contributed by atoms with van der Waals surface area (Å²) in [6, 6.07) is 5.55. The summed E-state index contributed by atoms with van der Waals surface area (Å²) in [5.41, 5.74) is 0.338. The number of nitrogens with zero attached hydrogens (tertiary/aromatic N) is 2. The van der Waals surface area contributed by atoms with Gasteiger partial charge in [-0.1, -0.05) is 6.07 Å². The number of aliphatic hydroxyl groups is 1. The largest absolute Gasteiger partial charge is 0.396 e. The summed E-state index contributed by atoms with van der Waals surface area (Å²) >= 11 is 0. The van der Waals surface area contributed by atoms with Gasteiger partial charge in [-0.2, -0.15) is 0 Å². The number of hydrogen-bond acceptors (Lipinski definition) is 4. The Labute approximate surface area is 116 Å². The van der Waals surface area contributed by atoms with E-state index < -0.39 is 4.92 Å². The number of nitro benzene ring substituents is 1. The summed E-state index contributed by atoms with van der Waals surface area (Å²) in [5, 5.41) is 22.5. The number of non-ortho nitro benzene ring substituents is 1. The van der Waals surface area contributed by atoms with E-state index in [1.165, 1.54) is 18.2 Å². The first kappa shape index (κ1) is 14.3. The van der Waals surface area contributed by atoms with E-state index >= 15 is 0 Å². The van der Waals surface area contributed by atoms with Crippen molar-refractivity contribution in [3.8, 4) is 0 Å². The Balaban J connectivity index is 2.00. The molecule has 108 valence electrons. The van der Waals surface area contributed by atoms with Crippen molar-refractivity contribution in [2.45, 2.75) is 12.8 Å². The number of piperidine rings is 1. The van der Waals surface area contributed by atoms with Crippen LogP contribution in [-0.2, 0) is 0 Å². The first-order chi connectivity index (χ1) is 9.60. The van der Waals surface area contributed by atoms with Crippen LogP contribution in [0.15, 0.2) is 24.3 Å². The SMILES string of the molecule is O=C(Nc1cccc([N+](=O)[O-])c1)N1CCCC(CO)C1. The lowest BCUT2D eigenvalue weighted by Crippen LogP contribution is -2.43. The van der Waals surface area contributed by atoms with Crippen LogP contribution in [0, 0.1) is 16.0 Å². The Morgan fingerprint density at radius 2 is 2.35 bits per heavy atom. The maximum absolute atomic E-state index is 12.1.